The highest BCUT2D eigenvalue weighted by Gasteiger charge is 2.61. The molecule has 3 atom stereocenters. The predicted octanol–water partition coefficient (Wildman–Crippen LogP) is 7.83. The highest BCUT2D eigenvalue weighted by atomic mass is 16.5. The topological polar surface area (TPSA) is 21.3 Å². The van der Waals surface area contributed by atoms with Crippen LogP contribution in [-0.4, -0.2) is 7.11 Å². The van der Waals surface area contributed by atoms with Crippen molar-refractivity contribution in [2.75, 3.05) is 7.11 Å². The van der Waals surface area contributed by atoms with Gasteiger partial charge in [-0.15, -0.1) is 0 Å². The Kier molecular flexibility index (Phi) is 5.23. The maximum atomic E-state index is 5.55. The molecule has 0 amide bonds. The van der Waals surface area contributed by atoms with Gasteiger partial charge in [-0.25, -0.2) is 0 Å². The van der Waals surface area contributed by atoms with E-state index in [-0.39, 0.29) is 23.4 Å². The fourth-order valence-corrected chi connectivity index (χ4v) is 7.02. The van der Waals surface area contributed by atoms with Crippen LogP contribution in [0, 0.1) is 0 Å². The highest BCUT2D eigenvalue weighted by molar-refractivity contribution is 5.83. The number of fused-ring (bicyclic) bond motifs is 5. The largest absolute Gasteiger partial charge is 0.497 e. The molecule has 2 nitrogen and oxygen atoms in total. The summed E-state index contributed by atoms with van der Waals surface area (Å²) >= 11 is 0. The smallest absolute Gasteiger partial charge is 0.118 e. The van der Waals surface area contributed by atoms with Gasteiger partial charge in [0.05, 0.1) is 7.11 Å². The second-order valence-corrected chi connectivity index (χ2v) is 10.1. The first-order chi connectivity index (χ1) is 18.3. The van der Waals surface area contributed by atoms with Crippen molar-refractivity contribution in [2.24, 2.45) is 0 Å². The van der Waals surface area contributed by atoms with Crippen molar-refractivity contribution >= 4 is 0 Å². The first-order valence-electron chi connectivity index (χ1n) is 13.0. The monoisotopic (exact) mass is 479 g/mol. The van der Waals surface area contributed by atoms with Crippen LogP contribution in [0.2, 0.25) is 0 Å². The summed E-state index contributed by atoms with van der Waals surface area (Å²) in [4.78, 5) is 0. The Morgan fingerprint density at radius 2 is 1.05 bits per heavy atom. The molecule has 1 heterocycles. The summed E-state index contributed by atoms with van der Waals surface area (Å²) in [7, 11) is 1.73. The van der Waals surface area contributed by atoms with Crippen molar-refractivity contribution in [3.05, 3.63) is 161 Å². The van der Waals surface area contributed by atoms with Crippen LogP contribution < -0.4 is 10.1 Å². The van der Waals surface area contributed by atoms with Crippen molar-refractivity contribution in [2.45, 2.75) is 23.4 Å². The lowest BCUT2D eigenvalue weighted by molar-refractivity contribution is 0.410. The van der Waals surface area contributed by atoms with Crippen LogP contribution in [0.1, 0.15) is 45.8 Å². The molecule has 1 fully saturated rings. The van der Waals surface area contributed by atoms with Gasteiger partial charge in [-0.05, 0) is 51.1 Å². The lowest BCUT2D eigenvalue weighted by Crippen LogP contribution is -2.36. The summed E-state index contributed by atoms with van der Waals surface area (Å²) in [5.41, 5.74) is 9.12. The van der Waals surface area contributed by atoms with Crippen molar-refractivity contribution in [3.8, 4) is 16.9 Å². The Hall–Kier alpha value is -4.14. The highest BCUT2D eigenvalue weighted by Crippen LogP contribution is 2.67. The van der Waals surface area contributed by atoms with Gasteiger partial charge in [0.1, 0.15) is 5.75 Å². The standard InChI is InChI=1S/C35H29NO/c1-37-27-22-20-24(21-23-27)32-33(25-12-4-2-5-13-25)36-34(26-14-6-3-7-15-26)35(32)30-18-10-8-16-28(30)29-17-9-11-19-31(29)35/h2-23,32-34,36H,1H3/t32-,33+,34+/m1/s1. The third-order valence-corrected chi connectivity index (χ3v) is 8.43. The molecular formula is C35H29NO. The summed E-state index contributed by atoms with van der Waals surface area (Å²) in [6, 6.07) is 49.0. The number of hydrogen-bond acceptors (Lipinski definition) is 2. The summed E-state index contributed by atoms with van der Waals surface area (Å²) in [5.74, 6) is 1.04. The fraction of sp³-hybridized carbons (Fsp3) is 0.143. The second kappa shape index (κ2) is 8.76. The quantitative estimate of drug-likeness (QED) is 0.284. The van der Waals surface area contributed by atoms with Crippen molar-refractivity contribution in [1.82, 2.24) is 5.32 Å². The number of methoxy groups -OCH3 is 1. The molecule has 7 rings (SSSR count). The van der Waals surface area contributed by atoms with E-state index in [0.29, 0.717) is 0 Å². The van der Waals surface area contributed by atoms with E-state index >= 15 is 0 Å². The Morgan fingerprint density at radius 1 is 0.541 bits per heavy atom. The van der Waals surface area contributed by atoms with Crippen LogP contribution in [0.15, 0.2) is 133 Å². The average Bonchev–Trinajstić information content (AvgIpc) is 3.49. The summed E-state index contributed by atoms with van der Waals surface area (Å²) in [6.07, 6.45) is 0. The van der Waals surface area contributed by atoms with E-state index in [0.717, 1.165) is 5.75 Å². The molecule has 37 heavy (non-hydrogen) atoms. The van der Waals surface area contributed by atoms with Crippen molar-refractivity contribution in [3.63, 3.8) is 0 Å². The molecule has 0 radical (unpaired) electrons. The average molecular weight is 480 g/mol. The van der Waals surface area contributed by atoms with Crippen LogP contribution in [0.25, 0.3) is 11.1 Å². The van der Waals surface area contributed by atoms with E-state index in [1.54, 1.807) is 7.11 Å². The fourth-order valence-electron chi connectivity index (χ4n) is 7.02. The number of ether oxygens (including phenoxy) is 1. The minimum Gasteiger partial charge on any atom is -0.497 e. The maximum absolute atomic E-state index is 5.55. The van der Waals surface area contributed by atoms with Gasteiger partial charge in [0, 0.05) is 23.4 Å². The zero-order chi connectivity index (χ0) is 24.8. The molecule has 0 bridgehead atoms. The molecule has 1 N–H and O–H groups in total. The molecule has 180 valence electrons. The first kappa shape index (κ1) is 22.1. The Bertz CT molecular complexity index is 1500. The van der Waals surface area contributed by atoms with Gasteiger partial charge in [-0.3, -0.25) is 0 Å². The van der Waals surface area contributed by atoms with E-state index in [1.807, 2.05) is 0 Å². The third-order valence-electron chi connectivity index (χ3n) is 8.43. The van der Waals surface area contributed by atoms with Gasteiger partial charge in [0.25, 0.3) is 0 Å². The van der Waals surface area contributed by atoms with Crippen LogP contribution >= 0.6 is 0 Å². The Balaban J connectivity index is 1.58. The normalized spacial score (nSPS) is 20.9. The van der Waals surface area contributed by atoms with Crippen LogP contribution in [0.5, 0.6) is 5.75 Å². The molecular weight excluding hydrogens is 450 g/mol. The third kappa shape index (κ3) is 3.22. The summed E-state index contributed by atoms with van der Waals surface area (Å²) in [5, 5.41) is 4.18. The molecule has 0 aromatic heterocycles. The minimum atomic E-state index is -0.288. The lowest BCUT2D eigenvalue weighted by atomic mass is 9.61. The molecule has 5 aromatic rings. The van der Waals surface area contributed by atoms with Crippen LogP contribution in [0.4, 0.5) is 0 Å². The Morgan fingerprint density at radius 3 is 1.62 bits per heavy atom. The van der Waals surface area contributed by atoms with E-state index < -0.39 is 0 Å². The molecule has 2 heteroatoms. The molecule has 1 saturated heterocycles. The molecule has 0 unspecified atom stereocenters. The minimum absolute atomic E-state index is 0.0933. The number of hydrogen-bond donors (Lipinski definition) is 1. The van der Waals surface area contributed by atoms with Crippen molar-refractivity contribution in [1.29, 1.82) is 0 Å². The van der Waals surface area contributed by atoms with E-state index in [9.17, 15) is 0 Å². The molecule has 0 saturated carbocycles. The zero-order valence-electron chi connectivity index (χ0n) is 20.8. The molecule has 5 aromatic carbocycles. The zero-order valence-corrected chi connectivity index (χ0v) is 20.8. The summed E-state index contributed by atoms with van der Waals surface area (Å²) in [6.45, 7) is 0. The lowest BCUT2D eigenvalue weighted by Gasteiger charge is -2.40. The van der Waals surface area contributed by atoms with E-state index in [2.05, 4.69) is 139 Å². The predicted molar refractivity (Wildman–Crippen MR) is 150 cm³/mol. The SMILES string of the molecule is COc1ccc([C@@H]2[C@H](c3ccccc3)N[C@@H](c3ccccc3)C23c2ccccc2-c2ccccc23)cc1. The van der Waals surface area contributed by atoms with Crippen molar-refractivity contribution < 1.29 is 4.74 Å². The summed E-state index contributed by atoms with van der Waals surface area (Å²) < 4.78 is 5.55. The van der Waals surface area contributed by atoms with E-state index in [1.165, 1.54) is 38.9 Å². The second-order valence-electron chi connectivity index (χ2n) is 10.1. The Labute approximate surface area is 218 Å². The van der Waals surface area contributed by atoms with Gasteiger partial charge in [-0.1, -0.05) is 121 Å². The van der Waals surface area contributed by atoms with Gasteiger partial charge in [-0.2, -0.15) is 0 Å². The van der Waals surface area contributed by atoms with Gasteiger partial charge < -0.3 is 10.1 Å². The molecule has 1 aliphatic heterocycles. The van der Waals surface area contributed by atoms with Crippen LogP contribution in [0.3, 0.4) is 0 Å². The van der Waals surface area contributed by atoms with E-state index in [4.69, 9.17) is 4.74 Å². The maximum Gasteiger partial charge on any atom is 0.118 e. The molecule has 1 spiro atoms. The number of nitrogens with one attached hydrogen (secondary N) is 1. The number of benzene rings is 5. The first-order valence-corrected chi connectivity index (χ1v) is 13.0. The number of rotatable bonds is 4. The molecule has 1 aliphatic carbocycles. The molecule has 2 aliphatic rings. The van der Waals surface area contributed by atoms with Crippen LogP contribution in [-0.2, 0) is 5.41 Å². The van der Waals surface area contributed by atoms with Gasteiger partial charge in [0.15, 0.2) is 0 Å². The van der Waals surface area contributed by atoms with Gasteiger partial charge >= 0.3 is 0 Å². The van der Waals surface area contributed by atoms with Gasteiger partial charge in [0.2, 0.25) is 0 Å².